The van der Waals surface area contributed by atoms with Crippen molar-refractivity contribution in [2.45, 2.75) is 96.4 Å². The van der Waals surface area contributed by atoms with Crippen LogP contribution in [0.4, 0.5) is 0 Å². The topological polar surface area (TPSA) is 122 Å². The van der Waals surface area contributed by atoms with E-state index in [1.54, 1.807) is 18.2 Å². The van der Waals surface area contributed by atoms with Crippen LogP contribution < -0.4 is 10.6 Å². The van der Waals surface area contributed by atoms with Gasteiger partial charge < -0.3 is 20.5 Å². The molecule has 9 heteroatoms. The summed E-state index contributed by atoms with van der Waals surface area (Å²) in [6.07, 6.45) is 4.22. The number of thioether (sulfide) groups is 1. The minimum absolute atomic E-state index is 0.0980. The molecule has 36 heavy (non-hydrogen) atoms. The Hall–Kier alpha value is -2.55. The predicted octanol–water partition coefficient (Wildman–Crippen LogP) is 3.80. The molecule has 0 bridgehead atoms. The van der Waals surface area contributed by atoms with Crippen molar-refractivity contribution in [3.8, 4) is 5.75 Å². The van der Waals surface area contributed by atoms with E-state index in [9.17, 15) is 24.3 Å². The Kier molecular flexibility index (Phi) is 11.3. The van der Waals surface area contributed by atoms with Crippen LogP contribution >= 0.6 is 11.8 Å². The highest BCUT2D eigenvalue weighted by molar-refractivity contribution is 8.14. The normalized spacial score (nSPS) is 16.3. The molecule has 1 saturated carbocycles. The molecule has 0 saturated heterocycles. The Bertz CT molecular complexity index is 942. The summed E-state index contributed by atoms with van der Waals surface area (Å²) in [4.78, 5) is 51.5. The van der Waals surface area contributed by atoms with Crippen LogP contribution in [0.3, 0.4) is 0 Å². The molecule has 2 atom stereocenters. The molecule has 2 rings (SSSR count). The lowest BCUT2D eigenvalue weighted by atomic mass is 9.93. The first kappa shape index (κ1) is 29.7. The van der Waals surface area contributed by atoms with E-state index in [1.165, 1.54) is 6.92 Å². The Balaban J connectivity index is 2.26. The second-order valence-electron chi connectivity index (χ2n) is 9.91. The van der Waals surface area contributed by atoms with Gasteiger partial charge in [-0.15, -0.1) is 0 Å². The van der Waals surface area contributed by atoms with Gasteiger partial charge in [-0.2, -0.15) is 0 Å². The minimum atomic E-state index is -1.15. The fourth-order valence-corrected chi connectivity index (χ4v) is 5.20. The van der Waals surface area contributed by atoms with Crippen LogP contribution in [0.1, 0.15) is 77.3 Å². The summed E-state index contributed by atoms with van der Waals surface area (Å²) >= 11 is 0.967. The minimum Gasteiger partial charge on any atom is -0.508 e. The van der Waals surface area contributed by atoms with Gasteiger partial charge in [0.1, 0.15) is 17.3 Å². The Morgan fingerprint density at radius 1 is 1.17 bits per heavy atom. The molecule has 0 spiro atoms. The van der Waals surface area contributed by atoms with Crippen molar-refractivity contribution in [3.63, 3.8) is 0 Å². The first-order chi connectivity index (χ1) is 17.0. The molecule has 8 nitrogen and oxygen atoms in total. The van der Waals surface area contributed by atoms with Gasteiger partial charge in [0.15, 0.2) is 5.12 Å². The SMILES string of the molecule is CCCCOC(=O)[C@H](Cc1ccc(O)cc1C)NC(=O)C1(NC(=O)C(SC(C)=O)C(C)C)CCCC1. The number of hydrogen-bond acceptors (Lipinski definition) is 7. The molecule has 0 aromatic heterocycles. The maximum Gasteiger partial charge on any atom is 0.328 e. The molecule has 1 unspecified atom stereocenters. The lowest BCUT2D eigenvalue weighted by molar-refractivity contribution is -0.149. The number of nitrogens with one attached hydrogen (secondary N) is 2. The maximum atomic E-state index is 13.6. The molecular formula is C27H40N2O6S. The van der Waals surface area contributed by atoms with Crippen molar-refractivity contribution >= 4 is 34.7 Å². The monoisotopic (exact) mass is 520 g/mol. The molecule has 0 radical (unpaired) electrons. The summed E-state index contributed by atoms with van der Waals surface area (Å²) in [7, 11) is 0. The van der Waals surface area contributed by atoms with Gasteiger partial charge in [0, 0.05) is 13.3 Å². The third kappa shape index (κ3) is 8.25. The number of phenolic OH excluding ortho intramolecular Hbond substituents is 1. The average molecular weight is 521 g/mol. The molecular weight excluding hydrogens is 480 g/mol. The summed E-state index contributed by atoms with van der Waals surface area (Å²) in [6.45, 7) is 9.23. The fourth-order valence-electron chi connectivity index (χ4n) is 4.40. The van der Waals surface area contributed by atoms with Gasteiger partial charge in [0.25, 0.3) is 0 Å². The third-order valence-electron chi connectivity index (χ3n) is 6.49. The predicted molar refractivity (Wildman–Crippen MR) is 141 cm³/mol. The van der Waals surface area contributed by atoms with Crippen LogP contribution in [-0.2, 0) is 30.3 Å². The summed E-state index contributed by atoms with van der Waals surface area (Å²) < 4.78 is 5.44. The van der Waals surface area contributed by atoms with Gasteiger partial charge in [-0.1, -0.05) is 57.9 Å². The number of carbonyl (C=O) groups excluding carboxylic acids is 4. The smallest absolute Gasteiger partial charge is 0.328 e. The Morgan fingerprint density at radius 2 is 1.83 bits per heavy atom. The van der Waals surface area contributed by atoms with Gasteiger partial charge in [-0.25, -0.2) is 4.79 Å². The zero-order valence-electron chi connectivity index (χ0n) is 22.0. The zero-order chi connectivity index (χ0) is 26.9. The zero-order valence-corrected chi connectivity index (χ0v) is 22.8. The molecule has 1 fully saturated rings. The molecule has 1 aromatic rings. The van der Waals surface area contributed by atoms with Crippen LogP contribution in [0.15, 0.2) is 18.2 Å². The van der Waals surface area contributed by atoms with Crippen LogP contribution in [0.25, 0.3) is 0 Å². The van der Waals surface area contributed by atoms with E-state index in [0.29, 0.717) is 12.8 Å². The number of benzene rings is 1. The summed E-state index contributed by atoms with van der Waals surface area (Å²) in [6, 6.07) is 3.93. The van der Waals surface area contributed by atoms with E-state index < -0.39 is 28.7 Å². The van der Waals surface area contributed by atoms with Crippen LogP contribution in [0, 0.1) is 12.8 Å². The molecule has 1 aliphatic rings. The average Bonchev–Trinajstić information content (AvgIpc) is 3.28. The van der Waals surface area contributed by atoms with Gasteiger partial charge >= 0.3 is 5.97 Å². The van der Waals surface area contributed by atoms with Crippen molar-refractivity contribution in [2.24, 2.45) is 5.92 Å². The third-order valence-corrected chi connectivity index (χ3v) is 7.84. The molecule has 200 valence electrons. The van der Waals surface area contributed by atoms with Crippen molar-refractivity contribution in [2.75, 3.05) is 6.61 Å². The van der Waals surface area contributed by atoms with Gasteiger partial charge in [0.2, 0.25) is 11.8 Å². The lowest BCUT2D eigenvalue weighted by Crippen LogP contribution is -2.61. The van der Waals surface area contributed by atoms with Crippen molar-refractivity contribution in [1.82, 2.24) is 10.6 Å². The first-order valence-electron chi connectivity index (χ1n) is 12.7. The Morgan fingerprint density at radius 3 is 2.39 bits per heavy atom. The second kappa shape index (κ2) is 13.7. The van der Waals surface area contributed by atoms with Crippen LogP contribution in [0.2, 0.25) is 0 Å². The maximum absolute atomic E-state index is 13.6. The van der Waals surface area contributed by atoms with E-state index >= 15 is 0 Å². The number of rotatable bonds is 12. The first-order valence-corrected chi connectivity index (χ1v) is 13.6. The van der Waals surface area contributed by atoms with E-state index in [4.69, 9.17) is 4.74 Å². The number of ether oxygens (including phenoxy) is 1. The number of hydrogen-bond donors (Lipinski definition) is 3. The van der Waals surface area contributed by atoms with E-state index in [1.807, 2.05) is 27.7 Å². The van der Waals surface area contributed by atoms with Crippen molar-refractivity contribution in [1.29, 1.82) is 0 Å². The molecule has 0 aliphatic heterocycles. The molecule has 3 N–H and O–H groups in total. The van der Waals surface area contributed by atoms with E-state index in [-0.39, 0.29) is 35.7 Å². The second-order valence-corrected chi connectivity index (χ2v) is 11.2. The quantitative estimate of drug-likeness (QED) is 0.283. The highest BCUT2D eigenvalue weighted by Crippen LogP contribution is 2.32. The lowest BCUT2D eigenvalue weighted by Gasteiger charge is -2.33. The van der Waals surface area contributed by atoms with E-state index in [2.05, 4.69) is 10.6 Å². The van der Waals surface area contributed by atoms with Gasteiger partial charge in [-0.05, 0) is 55.4 Å². The number of amides is 2. The molecule has 0 heterocycles. The Labute approximate surface area is 218 Å². The van der Waals surface area contributed by atoms with Crippen LogP contribution in [0.5, 0.6) is 5.75 Å². The number of unbranched alkanes of at least 4 members (excludes halogenated alkanes) is 1. The largest absolute Gasteiger partial charge is 0.508 e. The van der Waals surface area contributed by atoms with Crippen molar-refractivity contribution < 1.29 is 29.0 Å². The summed E-state index contributed by atoms with van der Waals surface area (Å²) in [5.41, 5.74) is 0.446. The fraction of sp³-hybridized carbons (Fsp3) is 0.630. The summed E-state index contributed by atoms with van der Waals surface area (Å²) in [5.74, 6) is -1.27. The number of phenols is 1. The highest BCUT2D eigenvalue weighted by Gasteiger charge is 2.45. The molecule has 1 aromatic carbocycles. The number of esters is 1. The number of carbonyl (C=O) groups is 4. The van der Waals surface area contributed by atoms with Gasteiger partial charge in [-0.3, -0.25) is 14.4 Å². The highest BCUT2D eigenvalue weighted by atomic mass is 32.2. The van der Waals surface area contributed by atoms with Crippen LogP contribution in [-0.4, -0.2) is 51.4 Å². The number of aromatic hydroxyl groups is 1. The van der Waals surface area contributed by atoms with E-state index in [0.717, 1.165) is 48.6 Å². The molecule has 2 amide bonds. The standard InChI is InChI=1S/C27H40N2O6S/c1-6-7-14-35-25(33)22(16-20-10-11-21(31)15-18(20)4)28-26(34)27(12-8-9-13-27)29-24(32)23(17(2)3)36-19(5)30/h10-11,15,17,22-23,31H,6-9,12-14,16H2,1-5H3,(H,28,34)(H,29,32)/t22-,23?/m0/s1. The van der Waals surface area contributed by atoms with Crippen molar-refractivity contribution in [3.05, 3.63) is 29.3 Å². The summed E-state index contributed by atoms with van der Waals surface area (Å²) in [5, 5.41) is 14.8. The number of aryl methyl sites for hydroxylation is 1. The van der Waals surface area contributed by atoms with Gasteiger partial charge in [0.05, 0.1) is 11.9 Å². The molecule has 1 aliphatic carbocycles.